The van der Waals surface area contributed by atoms with Crippen molar-refractivity contribution in [2.45, 2.75) is 31.5 Å². The number of hydrogen-bond acceptors (Lipinski definition) is 3. The van der Waals surface area contributed by atoms with Crippen molar-refractivity contribution >= 4 is 0 Å². The maximum atomic E-state index is 9.57. The normalized spacial score (nSPS) is 22.5. The van der Waals surface area contributed by atoms with Gasteiger partial charge in [-0.15, -0.1) is 0 Å². The Morgan fingerprint density at radius 2 is 1.90 bits per heavy atom. The Morgan fingerprint density at radius 1 is 1.15 bits per heavy atom. The van der Waals surface area contributed by atoms with Gasteiger partial charge in [-0.25, -0.2) is 0 Å². The van der Waals surface area contributed by atoms with Crippen LogP contribution in [0.2, 0.25) is 0 Å². The molecule has 3 rings (SSSR count). The van der Waals surface area contributed by atoms with Gasteiger partial charge >= 0.3 is 0 Å². The van der Waals surface area contributed by atoms with E-state index in [1.807, 2.05) is 18.2 Å². The Morgan fingerprint density at radius 3 is 2.65 bits per heavy atom. The van der Waals surface area contributed by atoms with Crippen LogP contribution in [0.5, 0.6) is 5.75 Å². The highest BCUT2D eigenvalue weighted by molar-refractivity contribution is 5.38. The van der Waals surface area contributed by atoms with Crippen molar-refractivity contribution in [1.29, 1.82) is 0 Å². The first kappa shape index (κ1) is 13.2. The van der Waals surface area contributed by atoms with Gasteiger partial charge in [0.05, 0.1) is 0 Å². The number of nitrogens with one attached hydrogen (secondary N) is 1. The highest BCUT2D eigenvalue weighted by Gasteiger charge is 2.29. The molecule has 104 valence electrons. The van der Waals surface area contributed by atoms with Crippen LogP contribution in [-0.2, 0) is 0 Å². The van der Waals surface area contributed by atoms with Gasteiger partial charge in [-0.05, 0) is 42.2 Å². The van der Waals surface area contributed by atoms with Crippen LogP contribution < -0.4 is 11.1 Å². The minimum absolute atomic E-state index is 0.111. The van der Waals surface area contributed by atoms with Crippen molar-refractivity contribution in [2.24, 2.45) is 5.73 Å². The van der Waals surface area contributed by atoms with Gasteiger partial charge in [0.25, 0.3) is 0 Å². The van der Waals surface area contributed by atoms with Gasteiger partial charge in [0.2, 0.25) is 0 Å². The van der Waals surface area contributed by atoms with Crippen molar-refractivity contribution < 1.29 is 5.11 Å². The summed E-state index contributed by atoms with van der Waals surface area (Å²) >= 11 is 0. The first-order chi connectivity index (χ1) is 9.65. The molecule has 0 aliphatic heterocycles. The molecule has 2 aromatic rings. The average molecular weight is 268 g/mol. The standard InChI is InChI=1S/C17H20N2O/c1-11(12-5-4-6-13(20)9-12)19-17-10-16(18)14-7-2-3-8-15(14)17/h2-9,11,16-17,19-20H,10,18H2,1H3. The zero-order chi connectivity index (χ0) is 14.1. The number of nitrogens with two attached hydrogens (primary N) is 1. The van der Waals surface area contributed by atoms with Crippen molar-refractivity contribution in [3.8, 4) is 5.75 Å². The minimum Gasteiger partial charge on any atom is -0.508 e. The molecule has 1 aliphatic rings. The molecular formula is C17H20N2O. The Kier molecular flexibility index (Phi) is 3.47. The van der Waals surface area contributed by atoms with Crippen LogP contribution >= 0.6 is 0 Å². The molecule has 0 heterocycles. The number of rotatable bonds is 3. The molecule has 0 radical (unpaired) electrons. The van der Waals surface area contributed by atoms with E-state index in [2.05, 4.69) is 30.4 Å². The van der Waals surface area contributed by atoms with Crippen molar-refractivity contribution in [1.82, 2.24) is 5.32 Å². The number of phenols is 1. The number of phenolic OH excluding ortho intramolecular Hbond substituents is 1. The molecule has 0 aromatic heterocycles. The highest BCUT2D eigenvalue weighted by Crippen LogP contribution is 2.38. The Hall–Kier alpha value is -1.84. The Balaban J connectivity index is 1.79. The Labute approximate surface area is 119 Å². The van der Waals surface area contributed by atoms with Crippen LogP contribution in [0.4, 0.5) is 0 Å². The number of fused-ring (bicyclic) bond motifs is 1. The largest absolute Gasteiger partial charge is 0.508 e. The summed E-state index contributed by atoms with van der Waals surface area (Å²) in [5, 5.41) is 13.2. The van der Waals surface area contributed by atoms with E-state index in [0.717, 1.165) is 12.0 Å². The van der Waals surface area contributed by atoms with Gasteiger partial charge in [-0.2, -0.15) is 0 Å². The number of benzene rings is 2. The molecule has 0 saturated carbocycles. The van der Waals surface area contributed by atoms with Gasteiger partial charge in [-0.1, -0.05) is 36.4 Å². The molecular weight excluding hydrogens is 248 g/mol. The number of aromatic hydroxyl groups is 1. The first-order valence-corrected chi connectivity index (χ1v) is 7.04. The molecule has 0 saturated heterocycles. The molecule has 2 aromatic carbocycles. The fraction of sp³-hybridized carbons (Fsp3) is 0.294. The van der Waals surface area contributed by atoms with Gasteiger partial charge in [0.15, 0.2) is 0 Å². The first-order valence-electron chi connectivity index (χ1n) is 7.04. The second-order valence-electron chi connectivity index (χ2n) is 5.51. The van der Waals surface area contributed by atoms with E-state index in [4.69, 9.17) is 5.73 Å². The molecule has 3 heteroatoms. The fourth-order valence-corrected chi connectivity index (χ4v) is 3.02. The third kappa shape index (κ3) is 2.42. The smallest absolute Gasteiger partial charge is 0.115 e. The van der Waals surface area contributed by atoms with Crippen LogP contribution in [0.15, 0.2) is 48.5 Å². The van der Waals surface area contributed by atoms with Crippen LogP contribution in [0.25, 0.3) is 0 Å². The lowest BCUT2D eigenvalue weighted by Gasteiger charge is -2.21. The topological polar surface area (TPSA) is 58.3 Å². The van der Waals surface area contributed by atoms with E-state index in [9.17, 15) is 5.11 Å². The summed E-state index contributed by atoms with van der Waals surface area (Å²) in [6.07, 6.45) is 0.919. The summed E-state index contributed by atoms with van der Waals surface area (Å²) in [7, 11) is 0. The lowest BCUT2D eigenvalue weighted by Crippen LogP contribution is -2.23. The lowest BCUT2D eigenvalue weighted by molar-refractivity contribution is 0.441. The summed E-state index contributed by atoms with van der Waals surface area (Å²) in [4.78, 5) is 0. The van der Waals surface area contributed by atoms with Crippen LogP contribution in [0.1, 0.15) is 48.2 Å². The maximum Gasteiger partial charge on any atom is 0.115 e. The molecule has 3 nitrogen and oxygen atoms in total. The van der Waals surface area contributed by atoms with E-state index in [1.165, 1.54) is 11.1 Å². The average Bonchev–Trinajstić information content (AvgIpc) is 2.76. The second-order valence-corrected chi connectivity index (χ2v) is 5.51. The summed E-state index contributed by atoms with van der Waals surface area (Å²) in [6.45, 7) is 2.11. The maximum absolute atomic E-state index is 9.57. The zero-order valence-electron chi connectivity index (χ0n) is 11.6. The predicted octanol–water partition coefficient (Wildman–Crippen LogP) is 3.19. The van der Waals surface area contributed by atoms with Crippen molar-refractivity contribution in [2.75, 3.05) is 0 Å². The molecule has 3 unspecified atom stereocenters. The van der Waals surface area contributed by atoms with E-state index >= 15 is 0 Å². The molecule has 0 spiro atoms. The van der Waals surface area contributed by atoms with E-state index in [0.29, 0.717) is 5.75 Å². The monoisotopic (exact) mass is 268 g/mol. The van der Waals surface area contributed by atoms with Crippen molar-refractivity contribution in [3.05, 3.63) is 65.2 Å². The molecule has 0 amide bonds. The van der Waals surface area contributed by atoms with Crippen LogP contribution in [0.3, 0.4) is 0 Å². The predicted molar refractivity (Wildman–Crippen MR) is 80.4 cm³/mol. The molecule has 0 bridgehead atoms. The van der Waals surface area contributed by atoms with E-state index in [-0.39, 0.29) is 18.1 Å². The summed E-state index contributed by atoms with van der Waals surface area (Å²) in [5.74, 6) is 0.305. The SMILES string of the molecule is CC(NC1CC(N)c2ccccc21)c1cccc(O)c1. The summed E-state index contributed by atoms with van der Waals surface area (Å²) in [5.41, 5.74) is 9.82. The quantitative estimate of drug-likeness (QED) is 0.801. The van der Waals surface area contributed by atoms with E-state index in [1.54, 1.807) is 12.1 Å². The van der Waals surface area contributed by atoms with Gasteiger partial charge in [0.1, 0.15) is 5.75 Å². The minimum atomic E-state index is 0.111. The number of hydrogen-bond donors (Lipinski definition) is 3. The molecule has 4 N–H and O–H groups in total. The molecule has 1 aliphatic carbocycles. The Bertz CT molecular complexity index is 611. The molecule has 3 atom stereocenters. The van der Waals surface area contributed by atoms with Gasteiger partial charge in [0, 0.05) is 18.1 Å². The second kappa shape index (κ2) is 5.27. The van der Waals surface area contributed by atoms with Gasteiger partial charge < -0.3 is 16.2 Å². The van der Waals surface area contributed by atoms with Crippen molar-refractivity contribution in [3.63, 3.8) is 0 Å². The molecule has 0 fully saturated rings. The lowest BCUT2D eigenvalue weighted by atomic mass is 10.0. The summed E-state index contributed by atoms with van der Waals surface area (Å²) in [6, 6.07) is 16.3. The molecule has 20 heavy (non-hydrogen) atoms. The van der Waals surface area contributed by atoms with Gasteiger partial charge in [-0.3, -0.25) is 0 Å². The zero-order valence-corrected chi connectivity index (χ0v) is 11.6. The fourth-order valence-electron chi connectivity index (χ4n) is 3.02. The highest BCUT2D eigenvalue weighted by atomic mass is 16.3. The van der Waals surface area contributed by atoms with E-state index < -0.39 is 0 Å². The third-order valence-corrected chi connectivity index (χ3v) is 4.08. The van der Waals surface area contributed by atoms with Crippen LogP contribution in [-0.4, -0.2) is 5.11 Å². The summed E-state index contributed by atoms with van der Waals surface area (Å²) < 4.78 is 0. The third-order valence-electron chi connectivity index (χ3n) is 4.08. The van der Waals surface area contributed by atoms with Crippen LogP contribution in [0, 0.1) is 0 Å².